The molecule has 0 heterocycles. The summed E-state index contributed by atoms with van der Waals surface area (Å²) in [5.41, 5.74) is 0. The lowest BCUT2D eigenvalue weighted by Crippen LogP contribution is -1.93. The second-order valence-electron chi connectivity index (χ2n) is 1.64. The van der Waals surface area contributed by atoms with Crippen LogP contribution in [0.2, 0.25) is 0 Å². The number of hydrogen-bond acceptors (Lipinski definition) is 2. The first-order valence-corrected chi connectivity index (χ1v) is 2.68. The molecule has 0 aromatic rings. The summed E-state index contributed by atoms with van der Waals surface area (Å²) in [5, 5.41) is 8.25. The Morgan fingerprint density at radius 3 is 2.62 bits per heavy atom. The smallest absolute Gasteiger partial charge is 0.121 e. The van der Waals surface area contributed by atoms with Crippen molar-refractivity contribution >= 4 is 6.29 Å². The van der Waals surface area contributed by atoms with Crippen LogP contribution in [0.4, 0.5) is 0 Å². The van der Waals surface area contributed by atoms with Crippen LogP contribution < -0.4 is 0 Å². The van der Waals surface area contributed by atoms with Crippen LogP contribution >= 0.6 is 0 Å². The zero-order valence-electron chi connectivity index (χ0n) is 4.92. The molecule has 2 heteroatoms. The molecule has 0 bridgehead atoms. The van der Waals surface area contributed by atoms with Crippen LogP contribution in [0.1, 0.15) is 19.8 Å². The van der Waals surface area contributed by atoms with Crippen molar-refractivity contribution in [1.29, 1.82) is 5.26 Å². The Morgan fingerprint density at radius 2 is 2.50 bits per heavy atom. The van der Waals surface area contributed by atoms with Crippen molar-refractivity contribution in [2.45, 2.75) is 19.8 Å². The van der Waals surface area contributed by atoms with Crippen molar-refractivity contribution in [3.05, 3.63) is 0 Å². The van der Waals surface area contributed by atoms with Gasteiger partial charge in [-0.3, -0.25) is 0 Å². The van der Waals surface area contributed by atoms with Crippen LogP contribution in [0, 0.1) is 17.2 Å². The van der Waals surface area contributed by atoms with E-state index in [1.807, 2.05) is 13.0 Å². The van der Waals surface area contributed by atoms with Gasteiger partial charge in [-0.15, -0.1) is 0 Å². The number of rotatable bonds is 3. The van der Waals surface area contributed by atoms with Crippen LogP contribution in [-0.4, -0.2) is 6.29 Å². The molecule has 0 aliphatic heterocycles. The SMILES string of the molecule is CC[C@@H](C#N)CC=O. The molecule has 0 saturated carbocycles. The Morgan fingerprint density at radius 1 is 1.88 bits per heavy atom. The molecule has 8 heavy (non-hydrogen) atoms. The monoisotopic (exact) mass is 111 g/mol. The predicted molar refractivity (Wildman–Crippen MR) is 30.1 cm³/mol. The van der Waals surface area contributed by atoms with E-state index < -0.39 is 0 Å². The number of carbonyl (C=O) groups excluding carboxylic acids is 1. The molecule has 0 amide bonds. The van der Waals surface area contributed by atoms with Gasteiger partial charge in [-0.2, -0.15) is 5.26 Å². The van der Waals surface area contributed by atoms with Gasteiger partial charge >= 0.3 is 0 Å². The quantitative estimate of drug-likeness (QED) is 0.512. The van der Waals surface area contributed by atoms with Crippen molar-refractivity contribution in [1.82, 2.24) is 0 Å². The fourth-order valence-corrected chi connectivity index (χ4v) is 0.427. The highest BCUT2D eigenvalue weighted by Gasteiger charge is 2.00. The first kappa shape index (κ1) is 7.16. The molecule has 0 fully saturated rings. The number of nitriles is 1. The Balaban J connectivity index is 3.40. The minimum absolute atomic E-state index is 0.0625. The van der Waals surface area contributed by atoms with Crippen LogP contribution in [0.3, 0.4) is 0 Å². The number of nitrogens with zero attached hydrogens (tertiary/aromatic N) is 1. The summed E-state index contributed by atoms with van der Waals surface area (Å²) in [6.07, 6.45) is 1.94. The molecule has 0 rings (SSSR count). The maximum Gasteiger partial charge on any atom is 0.121 e. The second-order valence-corrected chi connectivity index (χ2v) is 1.64. The molecule has 44 valence electrons. The summed E-state index contributed by atoms with van der Waals surface area (Å²) in [6, 6.07) is 2.02. The van der Waals surface area contributed by atoms with Crippen molar-refractivity contribution in [3.8, 4) is 6.07 Å². The minimum Gasteiger partial charge on any atom is -0.303 e. The molecule has 0 unspecified atom stereocenters. The zero-order chi connectivity index (χ0) is 6.41. The number of carbonyl (C=O) groups is 1. The summed E-state index contributed by atoms with van der Waals surface area (Å²) in [5.74, 6) is -0.0625. The summed E-state index contributed by atoms with van der Waals surface area (Å²) in [6.45, 7) is 1.90. The van der Waals surface area contributed by atoms with Gasteiger partial charge in [-0.1, -0.05) is 6.92 Å². The van der Waals surface area contributed by atoms with E-state index in [2.05, 4.69) is 0 Å². The summed E-state index contributed by atoms with van der Waals surface area (Å²) >= 11 is 0. The molecular weight excluding hydrogens is 102 g/mol. The molecular formula is C6H9NO. The van der Waals surface area contributed by atoms with Crippen molar-refractivity contribution in [3.63, 3.8) is 0 Å². The first-order valence-electron chi connectivity index (χ1n) is 2.68. The van der Waals surface area contributed by atoms with E-state index in [1.165, 1.54) is 0 Å². The molecule has 0 aromatic heterocycles. The zero-order valence-corrected chi connectivity index (χ0v) is 4.92. The summed E-state index contributed by atoms with van der Waals surface area (Å²) < 4.78 is 0. The first-order chi connectivity index (χ1) is 3.85. The average Bonchev–Trinajstić information content (AvgIpc) is 1.83. The van der Waals surface area contributed by atoms with Crippen LogP contribution in [0.25, 0.3) is 0 Å². The molecule has 0 aromatic carbocycles. The van der Waals surface area contributed by atoms with Crippen molar-refractivity contribution in [2.24, 2.45) is 5.92 Å². The van der Waals surface area contributed by atoms with Crippen LogP contribution in [-0.2, 0) is 4.79 Å². The Labute approximate surface area is 49.1 Å². The standard InChI is InChI=1S/C6H9NO/c1-2-6(5-7)3-4-8/h4,6H,2-3H2,1H3/t6-/m1/s1. The Kier molecular flexibility index (Phi) is 3.87. The van der Waals surface area contributed by atoms with Gasteiger partial charge in [0.15, 0.2) is 0 Å². The van der Waals surface area contributed by atoms with Crippen molar-refractivity contribution in [2.75, 3.05) is 0 Å². The normalized spacial score (nSPS) is 12.0. The lowest BCUT2D eigenvalue weighted by Gasteiger charge is -1.94. The van der Waals surface area contributed by atoms with Crippen molar-refractivity contribution < 1.29 is 4.79 Å². The Hall–Kier alpha value is -0.840. The van der Waals surface area contributed by atoms with Gasteiger partial charge in [0, 0.05) is 6.42 Å². The number of aldehydes is 1. The van der Waals surface area contributed by atoms with Gasteiger partial charge in [-0.25, -0.2) is 0 Å². The van der Waals surface area contributed by atoms with Gasteiger partial charge in [0.25, 0.3) is 0 Å². The van der Waals surface area contributed by atoms with Gasteiger partial charge in [-0.05, 0) is 6.42 Å². The lowest BCUT2D eigenvalue weighted by atomic mass is 10.1. The van der Waals surface area contributed by atoms with E-state index in [9.17, 15) is 4.79 Å². The topological polar surface area (TPSA) is 40.9 Å². The molecule has 0 spiro atoms. The minimum atomic E-state index is -0.0625. The highest BCUT2D eigenvalue weighted by atomic mass is 16.1. The van der Waals surface area contributed by atoms with E-state index in [4.69, 9.17) is 5.26 Å². The highest BCUT2D eigenvalue weighted by molar-refractivity contribution is 5.50. The van der Waals surface area contributed by atoms with Crippen LogP contribution in [0.5, 0.6) is 0 Å². The molecule has 0 N–H and O–H groups in total. The van der Waals surface area contributed by atoms with E-state index in [-0.39, 0.29) is 5.92 Å². The third-order valence-corrected chi connectivity index (χ3v) is 1.06. The molecule has 0 radical (unpaired) electrons. The highest BCUT2D eigenvalue weighted by Crippen LogP contribution is 2.02. The maximum absolute atomic E-state index is 9.78. The van der Waals surface area contributed by atoms with E-state index >= 15 is 0 Å². The van der Waals surface area contributed by atoms with Crippen LogP contribution in [0.15, 0.2) is 0 Å². The lowest BCUT2D eigenvalue weighted by molar-refractivity contribution is -0.108. The fourth-order valence-electron chi connectivity index (χ4n) is 0.427. The molecule has 1 atom stereocenters. The maximum atomic E-state index is 9.78. The van der Waals surface area contributed by atoms with Gasteiger partial charge in [0.1, 0.15) is 6.29 Å². The summed E-state index contributed by atoms with van der Waals surface area (Å²) in [7, 11) is 0. The van der Waals surface area contributed by atoms with Gasteiger partial charge in [0.05, 0.1) is 12.0 Å². The Bertz CT molecular complexity index is 104. The van der Waals surface area contributed by atoms with Gasteiger partial charge < -0.3 is 4.79 Å². The third-order valence-electron chi connectivity index (χ3n) is 1.06. The largest absolute Gasteiger partial charge is 0.303 e. The fraction of sp³-hybridized carbons (Fsp3) is 0.667. The molecule has 0 aliphatic carbocycles. The summed E-state index contributed by atoms with van der Waals surface area (Å²) in [4.78, 5) is 9.78. The van der Waals surface area contributed by atoms with Gasteiger partial charge in [0.2, 0.25) is 0 Å². The van der Waals surface area contributed by atoms with E-state index in [1.54, 1.807) is 0 Å². The second kappa shape index (κ2) is 4.32. The molecule has 0 aliphatic rings. The molecule has 0 saturated heterocycles. The average molecular weight is 111 g/mol. The van der Waals surface area contributed by atoms with E-state index in [0.29, 0.717) is 6.42 Å². The third kappa shape index (κ3) is 2.35. The predicted octanol–water partition coefficient (Wildman–Crippen LogP) is 1.13. The number of hydrogen-bond donors (Lipinski definition) is 0. The van der Waals surface area contributed by atoms with E-state index in [0.717, 1.165) is 12.7 Å². The molecule has 2 nitrogen and oxygen atoms in total.